The molecule has 14 heavy (non-hydrogen) atoms. The molecule has 0 aromatic carbocycles. The summed E-state index contributed by atoms with van der Waals surface area (Å²) in [6, 6.07) is -0.00899. The van der Waals surface area contributed by atoms with E-state index < -0.39 is 10.8 Å². The van der Waals surface area contributed by atoms with Crippen LogP contribution in [0, 0.1) is 0 Å². The smallest absolute Gasteiger partial charge is 0.240 e. The number of nitrogens with one attached hydrogen (secondary N) is 1. The summed E-state index contributed by atoms with van der Waals surface area (Å²) in [5.74, 6) is 0.740. The molecule has 1 aliphatic heterocycles. The van der Waals surface area contributed by atoms with E-state index in [0.29, 0.717) is 19.0 Å². The summed E-state index contributed by atoms with van der Waals surface area (Å²) >= 11 is 0. The van der Waals surface area contributed by atoms with Gasteiger partial charge in [0.25, 0.3) is 0 Å². The normalized spacial score (nSPS) is 24.3. The minimum absolute atomic E-state index is 0.00899. The third-order valence-electron chi connectivity index (χ3n) is 2.36. The number of carbonyl (C=O) groups is 1. The van der Waals surface area contributed by atoms with E-state index in [1.807, 2.05) is 0 Å². The van der Waals surface area contributed by atoms with Crippen molar-refractivity contribution in [3.63, 3.8) is 0 Å². The molecular formula is C9H18N2O2S. The first-order valence-corrected chi connectivity index (χ1v) is 6.70. The highest BCUT2D eigenvalue weighted by Crippen LogP contribution is 2.08. The predicted octanol–water partition coefficient (Wildman–Crippen LogP) is -0.0771. The van der Waals surface area contributed by atoms with Gasteiger partial charge in [-0.05, 0) is 6.42 Å². The van der Waals surface area contributed by atoms with E-state index in [1.165, 1.54) is 0 Å². The molecule has 5 heteroatoms. The topological polar surface area (TPSA) is 49.4 Å². The van der Waals surface area contributed by atoms with Crippen LogP contribution in [0.25, 0.3) is 0 Å². The van der Waals surface area contributed by atoms with Gasteiger partial charge in [0.05, 0.1) is 12.7 Å². The molecule has 1 fully saturated rings. The molecule has 1 N–H and O–H groups in total. The molecule has 0 radical (unpaired) electrons. The first-order chi connectivity index (χ1) is 6.65. The molecule has 2 unspecified atom stereocenters. The van der Waals surface area contributed by atoms with Gasteiger partial charge in [-0.15, -0.1) is 0 Å². The minimum atomic E-state index is -0.813. The van der Waals surface area contributed by atoms with Crippen molar-refractivity contribution < 1.29 is 9.00 Å². The molecule has 0 aliphatic carbocycles. The van der Waals surface area contributed by atoms with Crippen molar-refractivity contribution >= 4 is 16.7 Å². The number of amides is 1. The average Bonchev–Trinajstić information content (AvgIpc) is 2.46. The van der Waals surface area contributed by atoms with Crippen LogP contribution in [0.2, 0.25) is 0 Å². The van der Waals surface area contributed by atoms with E-state index in [1.54, 1.807) is 11.2 Å². The Morgan fingerprint density at radius 1 is 1.64 bits per heavy atom. The Balaban J connectivity index is 2.35. The van der Waals surface area contributed by atoms with Crippen LogP contribution in [0.1, 0.15) is 19.8 Å². The third kappa shape index (κ3) is 3.06. The number of hydrogen-bond donors (Lipinski definition) is 1. The lowest BCUT2D eigenvalue weighted by atomic mass is 10.2. The van der Waals surface area contributed by atoms with Crippen LogP contribution < -0.4 is 5.32 Å². The summed E-state index contributed by atoms with van der Waals surface area (Å²) in [4.78, 5) is 13.4. The Kier molecular flexibility index (Phi) is 4.54. The van der Waals surface area contributed by atoms with Gasteiger partial charge in [0.2, 0.25) is 5.91 Å². The Bertz CT molecular complexity index is 233. The van der Waals surface area contributed by atoms with Crippen LogP contribution >= 0.6 is 0 Å². The molecule has 1 heterocycles. The molecule has 0 spiro atoms. The molecule has 1 aliphatic rings. The Hall–Kier alpha value is -0.420. The lowest BCUT2D eigenvalue weighted by Crippen LogP contribution is -2.32. The zero-order chi connectivity index (χ0) is 10.6. The molecule has 1 rings (SSSR count). The van der Waals surface area contributed by atoms with Crippen molar-refractivity contribution in [1.82, 2.24) is 10.2 Å². The van der Waals surface area contributed by atoms with Crippen LogP contribution in [0.15, 0.2) is 0 Å². The van der Waals surface area contributed by atoms with Crippen molar-refractivity contribution in [3.8, 4) is 0 Å². The summed E-state index contributed by atoms with van der Waals surface area (Å²) in [6.45, 7) is 3.29. The maximum atomic E-state index is 11.7. The average molecular weight is 218 g/mol. The second kappa shape index (κ2) is 5.46. The quantitative estimate of drug-likeness (QED) is 0.702. The zero-order valence-electron chi connectivity index (χ0n) is 8.78. The van der Waals surface area contributed by atoms with Crippen LogP contribution in [0.4, 0.5) is 0 Å². The highest BCUT2D eigenvalue weighted by Gasteiger charge is 2.29. The van der Waals surface area contributed by atoms with Crippen LogP contribution in [0.3, 0.4) is 0 Å². The van der Waals surface area contributed by atoms with Gasteiger partial charge in [0.1, 0.15) is 0 Å². The molecule has 82 valence electrons. The van der Waals surface area contributed by atoms with Crippen molar-refractivity contribution in [3.05, 3.63) is 0 Å². The lowest BCUT2D eigenvalue weighted by molar-refractivity contribution is -0.128. The summed E-state index contributed by atoms with van der Waals surface area (Å²) in [7, 11) is -0.813. The van der Waals surface area contributed by atoms with E-state index in [4.69, 9.17) is 0 Å². The summed E-state index contributed by atoms with van der Waals surface area (Å²) < 4.78 is 10.9. The maximum absolute atomic E-state index is 11.7. The van der Waals surface area contributed by atoms with Gasteiger partial charge in [0.15, 0.2) is 0 Å². The molecule has 1 saturated heterocycles. The van der Waals surface area contributed by atoms with Gasteiger partial charge in [-0.3, -0.25) is 14.3 Å². The largest absolute Gasteiger partial charge is 0.328 e. The van der Waals surface area contributed by atoms with Gasteiger partial charge < -0.3 is 4.90 Å². The lowest BCUT2D eigenvalue weighted by Gasteiger charge is -2.13. The van der Waals surface area contributed by atoms with Gasteiger partial charge in [-0.25, -0.2) is 0 Å². The van der Waals surface area contributed by atoms with Crippen molar-refractivity contribution in [1.29, 1.82) is 0 Å². The second-order valence-corrected chi connectivity index (χ2v) is 5.14. The fraction of sp³-hybridized carbons (Fsp3) is 0.889. The SMILES string of the molecule is CCCC1NCN(CCS(C)=O)C1=O. The van der Waals surface area contributed by atoms with E-state index in [9.17, 15) is 9.00 Å². The Morgan fingerprint density at radius 3 is 2.93 bits per heavy atom. The molecule has 0 aromatic rings. The molecule has 0 aromatic heterocycles. The van der Waals surface area contributed by atoms with E-state index in [0.717, 1.165) is 12.8 Å². The molecular weight excluding hydrogens is 200 g/mol. The van der Waals surface area contributed by atoms with E-state index in [-0.39, 0.29) is 11.9 Å². The monoisotopic (exact) mass is 218 g/mol. The van der Waals surface area contributed by atoms with Gasteiger partial charge >= 0.3 is 0 Å². The first-order valence-electron chi connectivity index (χ1n) is 4.97. The number of nitrogens with zero attached hydrogens (tertiary/aromatic N) is 1. The Labute approximate surface area is 87.5 Å². The zero-order valence-corrected chi connectivity index (χ0v) is 9.60. The number of carbonyl (C=O) groups excluding carboxylic acids is 1. The minimum Gasteiger partial charge on any atom is -0.328 e. The van der Waals surface area contributed by atoms with Gasteiger partial charge in [-0.2, -0.15) is 0 Å². The maximum Gasteiger partial charge on any atom is 0.240 e. The summed E-state index contributed by atoms with van der Waals surface area (Å²) in [5.41, 5.74) is 0. The number of hydrogen-bond acceptors (Lipinski definition) is 3. The standard InChI is InChI=1S/C9H18N2O2S/c1-3-4-8-9(12)11(7-10-8)5-6-14(2)13/h8,10H,3-7H2,1-2H3. The van der Waals surface area contributed by atoms with Crippen molar-refractivity contribution in [2.24, 2.45) is 0 Å². The van der Waals surface area contributed by atoms with E-state index in [2.05, 4.69) is 12.2 Å². The van der Waals surface area contributed by atoms with Crippen LogP contribution in [-0.2, 0) is 15.6 Å². The number of rotatable bonds is 5. The molecule has 1 amide bonds. The van der Waals surface area contributed by atoms with E-state index >= 15 is 0 Å². The van der Waals surface area contributed by atoms with Crippen molar-refractivity contribution in [2.45, 2.75) is 25.8 Å². The van der Waals surface area contributed by atoms with Crippen molar-refractivity contribution in [2.75, 3.05) is 25.2 Å². The fourth-order valence-corrected chi connectivity index (χ4v) is 2.03. The first kappa shape index (κ1) is 11.7. The molecule has 0 bridgehead atoms. The highest BCUT2D eigenvalue weighted by atomic mass is 32.2. The molecule has 2 atom stereocenters. The Morgan fingerprint density at radius 2 is 2.36 bits per heavy atom. The molecule has 0 saturated carbocycles. The predicted molar refractivity (Wildman–Crippen MR) is 57.3 cm³/mol. The summed E-state index contributed by atoms with van der Waals surface area (Å²) in [5, 5.41) is 3.16. The summed E-state index contributed by atoms with van der Waals surface area (Å²) in [6.07, 6.45) is 3.57. The van der Waals surface area contributed by atoms with Gasteiger partial charge in [0, 0.05) is 29.4 Å². The van der Waals surface area contributed by atoms with Crippen LogP contribution in [0.5, 0.6) is 0 Å². The fourth-order valence-electron chi connectivity index (χ4n) is 1.55. The second-order valence-electron chi connectivity index (χ2n) is 3.58. The highest BCUT2D eigenvalue weighted by molar-refractivity contribution is 7.84. The van der Waals surface area contributed by atoms with Gasteiger partial charge in [-0.1, -0.05) is 13.3 Å². The van der Waals surface area contributed by atoms with Crippen LogP contribution in [-0.4, -0.2) is 46.3 Å². The molecule has 4 nitrogen and oxygen atoms in total. The third-order valence-corrected chi connectivity index (χ3v) is 3.12.